The highest BCUT2D eigenvalue weighted by atomic mass is 19.3. The van der Waals surface area contributed by atoms with Gasteiger partial charge in [-0.2, -0.15) is 0 Å². The maximum Gasteiger partial charge on any atom is 0.586 e. The Morgan fingerprint density at radius 1 is 1.10 bits per heavy atom. The third-order valence-electron chi connectivity index (χ3n) is 4.22. The maximum atomic E-state index is 13.1. The number of nitrogens with one attached hydrogen (secondary N) is 1. The number of hydrogen-bond acceptors (Lipinski definition) is 4. The van der Waals surface area contributed by atoms with E-state index in [0.29, 0.717) is 12.1 Å². The molecule has 1 aromatic carbocycles. The number of piperidine rings is 1. The van der Waals surface area contributed by atoms with Crippen molar-refractivity contribution < 1.29 is 18.3 Å². The Morgan fingerprint density at radius 3 is 2.71 bits per heavy atom. The van der Waals surface area contributed by atoms with Gasteiger partial charge in [-0.25, -0.2) is 0 Å². The van der Waals surface area contributed by atoms with Gasteiger partial charge in [-0.15, -0.1) is 8.78 Å². The predicted molar refractivity (Wildman–Crippen MR) is 74.0 cm³/mol. The van der Waals surface area contributed by atoms with E-state index < -0.39 is 6.29 Å². The van der Waals surface area contributed by atoms with Crippen LogP contribution in [0.3, 0.4) is 0 Å². The summed E-state index contributed by atoms with van der Waals surface area (Å²) in [6.45, 7) is 1.85. The summed E-state index contributed by atoms with van der Waals surface area (Å²) in [5.41, 5.74) is 0.914. The molecule has 1 aromatic rings. The molecule has 21 heavy (non-hydrogen) atoms. The van der Waals surface area contributed by atoms with E-state index in [4.69, 9.17) is 0 Å². The van der Waals surface area contributed by atoms with Crippen molar-refractivity contribution in [3.05, 3.63) is 18.2 Å². The van der Waals surface area contributed by atoms with Gasteiger partial charge in [-0.1, -0.05) is 0 Å². The fourth-order valence-corrected chi connectivity index (χ4v) is 3.07. The number of nitrogens with zero attached hydrogens (tertiary/aromatic N) is 1. The third kappa shape index (κ3) is 2.77. The van der Waals surface area contributed by atoms with E-state index in [0.717, 1.165) is 25.2 Å². The molecule has 0 aromatic heterocycles. The lowest BCUT2D eigenvalue weighted by atomic mass is 10.0. The predicted octanol–water partition coefficient (Wildman–Crippen LogP) is 2.73. The largest absolute Gasteiger partial charge is 0.586 e. The molecule has 1 N–H and O–H groups in total. The Hall–Kier alpha value is -1.56. The molecule has 114 valence electrons. The first-order chi connectivity index (χ1) is 10.1. The number of alkyl halides is 2. The fourth-order valence-electron chi connectivity index (χ4n) is 3.07. The van der Waals surface area contributed by atoms with Crippen LogP contribution >= 0.6 is 0 Å². The molecule has 3 aliphatic rings. The summed E-state index contributed by atoms with van der Waals surface area (Å²) in [7, 11) is 0. The highest BCUT2D eigenvalue weighted by molar-refractivity contribution is 5.57. The van der Waals surface area contributed by atoms with Crippen molar-refractivity contribution in [2.24, 2.45) is 0 Å². The van der Waals surface area contributed by atoms with Gasteiger partial charge in [-0.3, -0.25) is 0 Å². The van der Waals surface area contributed by atoms with Gasteiger partial charge in [-0.05, 0) is 37.8 Å². The van der Waals surface area contributed by atoms with Crippen molar-refractivity contribution in [3.8, 4) is 11.5 Å². The molecule has 0 spiro atoms. The molecule has 1 aliphatic carbocycles. The minimum absolute atomic E-state index is 0.105. The molecule has 1 saturated heterocycles. The standard InChI is InChI=1S/C15H18F2N2O2/c16-15(17)20-13-6-5-12(8-14(13)21-15)19-7-1-2-11(9-19)18-10-3-4-10/h5-6,8,10-11,18H,1-4,7,9H2. The van der Waals surface area contributed by atoms with Crippen LogP contribution in [-0.4, -0.2) is 31.5 Å². The van der Waals surface area contributed by atoms with Gasteiger partial charge < -0.3 is 19.7 Å². The lowest BCUT2D eigenvalue weighted by molar-refractivity contribution is -0.286. The van der Waals surface area contributed by atoms with Crippen LogP contribution in [0.1, 0.15) is 25.7 Å². The SMILES string of the molecule is FC1(F)Oc2ccc(N3CCCC(NC4CC4)C3)cc2O1. The van der Waals surface area contributed by atoms with E-state index in [1.165, 1.54) is 19.3 Å². The van der Waals surface area contributed by atoms with E-state index in [2.05, 4.69) is 19.7 Å². The molecule has 0 amide bonds. The first-order valence-electron chi connectivity index (χ1n) is 7.50. The number of halogens is 2. The zero-order chi connectivity index (χ0) is 14.4. The monoisotopic (exact) mass is 296 g/mol. The van der Waals surface area contributed by atoms with E-state index in [1.54, 1.807) is 12.1 Å². The van der Waals surface area contributed by atoms with Crippen LogP contribution < -0.4 is 19.7 Å². The Labute approximate surface area is 122 Å². The average molecular weight is 296 g/mol. The third-order valence-corrected chi connectivity index (χ3v) is 4.22. The first-order valence-corrected chi connectivity index (χ1v) is 7.50. The van der Waals surface area contributed by atoms with Crippen molar-refractivity contribution >= 4 is 5.69 Å². The van der Waals surface area contributed by atoms with Crippen molar-refractivity contribution in [2.45, 2.75) is 44.1 Å². The fraction of sp³-hybridized carbons (Fsp3) is 0.600. The first kappa shape index (κ1) is 13.1. The van der Waals surface area contributed by atoms with E-state index >= 15 is 0 Å². The van der Waals surface area contributed by atoms with Gasteiger partial charge in [0.05, 0.1) is 0 Å². The number of rotatable bonds is 3. The van der Waals surface area contributed by atoms with Crippen LogP contribution in [0.5, 0.6) is 11.5 Å². The zero-order valence-corrected chi connectivity index (χ0v) is 11.6. The highest BCUT2D eigenvalue weighted by Gasteiger charge is 2.43. The van der Waals surface area contributed by atoms with Crippen molar-refractivity contribution in [1.82, 2.24) is 5.32 Å². The zero-order valence-electron chi connectivity index (χ0n) is 11.6. The molecule has 2 aliphatic heterocycles. The number of hydrogen-bond donors (Lipinski definition) is 1. The minimum atomic E-state index is -3.54. The molecule has 0 radical (unpaired) electrons. The molecular weight excluding hydrogens is 278 g/mol. The maximum absolute atomic E-state index is 13.1. The van der Waals surface area contributed by atoms with Crippen LogP contribution in [0, 0.1) is 0 Å². The Balaban J connectivity index is 1.48. The van der Waals surface area contributed by atoms with Crippen molar-refractivity contribution in [2.75, 3.05) is 18.0 Å². The van der Waals surface area contributed by atoms with Gasteiger partial charge in [0.2, 0.25) is 0 Å². The second-order valence-electron chi connectivity index (χ2n) is 6.02. The van der Waals surface area contributed by atoms with Crippen LogP contribution in [-0.2, 0) is 0 Å². The molecule has 1 saturated carbocycles. The molecule has 1 unspecified atom stereocenters. The Bertz CT molecular complexity index is 548. The number of fused-ring (bicyclic) bond motifs is 1. The number of ether oxygens (including phenoxy) is 2. The van der Waals surface area contributed by atoms with Crippen LogP contribution in [0.15, 0.2) is 18.2 Å². The number of anilines is 1. The summed E-state index contributed by atoms with van der Waals surface area (Å²) in [4.78, 5) is 2.23. The quantitative estimate of drug-likeness (QED) is 0.930. The summed E-state index contributed by atoms with van der Waals surface area (Å²) in [6, 6.07) is 6.20. The lowest BCUT2D eigenvalue weighted by Gasteiger charge is -2.35. The summed E-state index contributed by atoms with van der Waals surface area (Å²) < 4.78 is 35.1. The van der Waals surface area contributed by atoms with Crippen LogP contribution in [0.4, 0.5) is 14.5 Å². The number of benzene rings is 1. The average Bonchev–Trinajstić information content (AvgIpc) is 3.18. The van der Waals surface area contributed by atoms with Gasteiger partial charge >= 0.3 is 6.29 Å². The summed E-state index contributed by atoms with van der Waals surface area (Å²) >= 11 is 0. The molecule has 2 heterocycles. The van der Waals surface area contributed by atoms with Crippen LogP contribution in [0.25, 0.3) is 0 Å². The van der Waals surface area contributed by atoms with Gasteiger partial charge in [0.1, 0.15) is 0 Å². The van der Waals surface area contributed by atoms with E-state index in [-0.39, 0.29) is 11.5 Å². The Kier molecular flexibility index (Phi) is 2.96. The topological polar surface area (TPSA) is 33.7 Å². The van der Waals surface area contributed by atoms with Gasteiger partial charge in [0, 0.05) is 36.9 Å². The molecule has 0 bridgehead atoms. The molecule has 4 rings (SSSR count). The molecular formula is C15H18F2N2O2. The normalized spacial score (nSPS) is 27.0. The molecule has 2 fully saturated rings. The second kappa shape index (κ2) is 4.73. The van der Waals surface area contributed by atoms with Gasteiger partial charge in [0.25, 0.3) is 0 Å². The smallest absolute Gasteiger partial charge is 0.395 e. The molecule has 4 nitrogen and oxygen atoms in total. The van der Waals surface area contributed by atoms with Crippen molar-refractivity contribution in [3.63, 3.8) is 0 Å². The lowest BCUT2D eigenvalue weighted by Crippen LogP contribution is -2.46. The Morgan fingerprint density at radius 2 is 1.90 bits per heavy atom. The van der Waals surface area contributed by atoms with E-state index in [1.807, 2.05) is 6.07 Å². The second-order valence-corrected chi connectivity index (χ2v) is 6.02. The minimum Gasteiger partial charge on any atom is -0.395 e. The highest BCUT2D eigenvalue weighted by Crippen LogP contribution is 2.43. The van der Waals surface area contributed by atoms with Gasteiger partial charge in [0.15, 0.2) is 11.5 Å². The summed E-state index contributed by atoms with van der Waals surface area (Å²) in [5.74, 6) is 0.225. The molecule has 1 atom stereocenters. The van der Waals surface area contributed by atoms with Crippen molar-refractivity contribution in [1.29, 1.82) is 0 Å². The summed E-state index contributed by atoms with van der Waals surface area (Å²) in [6.07, 6.45) is 1.29. The molecule has 6 heteroatoms. The van der Waals surface area contributed by atoms with E-state index in [9.17, 15) is 8.78 Å². The summed E-state index contributed by atoms with van der Waals surface area (Å²) in [5, 5.41) is 3.64. The van der Waals surface area contributed by atoms with Crippen LogP contribution in [0.2, 0.25) is 0 Å².